The lowest BCUT2D eigenvalue weighted by Gasteiger charge is -2.16. The van der Waals surface area contributed by atoms with Crippen molar-refractivity contribution in [1.29, 1.82) is 0 Å². The Hall–Kier alpha value is -2.13. The Balaban J connectivity index is 2.19. The molecular weight excluding hydrogens is 260 g/mol. The molecule has 2 rings (SSSR count). The first-order valence-corrected chi connectivity index (χ1v) is 7.32. The van der Waals surface area contributed by atoms with Crippen LogP contribution in [0, 0.1) is 0 Å². The normalized spacial score (nSPS) is 12.0. The summed E-state index contributed by atoms with van der Waals surface area (Å²) in [7, 11) is 1.91. The molecule has 0 aromatic heterocycles. The zero-order valence-electron chi connectivity index (χ0n) is 12.8. The molecule has 0 saturated carbocycles. The van der Waals surface area contributed by atoms with Gasteiger partial charge in [-0.2, -0.15) is 0 Å². The Labute approximate surface area is 126 Å². The zero-order valence-corrected chi connectivity index (χ0v) is 12.8. The minimum Gasteiger partial charge on any atom is -0.322 e. The first-order valence-electron chi connectivity index (χ1n) is 7.32. The molecule has 0 spiro atoms. The second kappa shape index (κ2) is 7.04. The fourth-order valence-corrected chi connectivity index (χ4v) is 2.23. The predicted octanol–water partition coefficient (Wildman–Crippen LogP) is 3.78. The first-order chi connectivity index (χ1) is 10.2. The highest BCUT2D eigenvalue weighted by Crippen LogP contribution is 2.22. The molecule has 21 heavy (non-hydrogen) atoms. The van der Waals surface area contributed by atoms with E-state index < -0.39 is 0 Å². The Morgan fingerprint density at radius 1 is 1.10 bits per heavy atom. The van der Waals surface area contributed by atoms with Gasteiger partial charge in [-0.25, -0.2) is 0 Å². The number of benzene rings is 2. The van der Waals surface area contributed by atoms with Crippen molar-refractivity contribution >= 4 is 11.6 Å². The summed E-state index contributed by atoms with van der Waals surface area (Å²) in [6, 6.07) is 15.8. The van der Waals surface area contributed by atoms with E-state index in [1.165, 1.54) is 5.56 Å². The van der Waals surface area contributed by atoms with E-state index in [9.17, 15) is 4.79 Å². The van der Waals surface area contributed by atoms with Crippen LogP contribution in [-0.4, -0.2) is 13.0 Å². The molecule has 2 N–H and O–H groups in total. The maximum Gasteiger partial charge on any atom is 0.255 e. The van der Waals surface area contributed by atoms with Crippen molar-refractivity contribution in [2.45, 2.75) is 26.3 Å². The summed E-state index contributed by atoms with van der Waals surface area (Å²) in [6.45, 7) is 4.17. The molecule has 0 heterocycles. The van der Waals surface area contributed by atoms with Gasteiger partial charge in [0.15, 0.2) is 0 Å². The first kappa shape index (κ1) is 15.3. The van der Waals surface area contributed by atoms with E-state index in [2.05, 4.69) is 24.5 Å². The summed E-state index contributed by atoms with van der Waals surface area (Å²) in [5.41, 5.74) is 3.84. The Kier molecular flexibility index (Phi) is 5.12. The summed E-state index contributed by atoms with van der Waals surface area (Å²) < 4.78 is 0. The van der Waals surface area contributed by atoms with Gasteiger partial charge in [-0.1, -0.05) is 37.3 Å². The van der Waals surface area contributed by atoms with Crippen molar-refractivity contribution in [2.75, 3.05) is 12.4 Å². The van der Waals surface area contributed by atoms with Gasteiger partial charge in [-0.15, -0.1) is 0 Å². The third kappa shape index (κ3) is 3.70. The second-order valence-corrected chi connectivity index (χ2v) is 5.10. The maximum absolute atomic E-state index is 12.3. The van der Waals surface area contributed by atoms with Gasteiger partial charge in [0.1, 0.15) is 0 Å². The van der Waals surface area contributed by atoms with Crippen LogP contribution in [0.4, 0.5) is 5.69 Å². The number of hydrogen-bond acceptors (Lipinski definition) is 2. The minimum atomic E-state index is -0.0755. The van der Waals surface area contributed by atoms with Gasteiger partial charge in [0.05, 0.1) is 0 Å². The number of para-hydroxylation sites is 1. The van der Waals surface area contributed by atoms with E-state index in [0.717, 1.165) is 17.7 Å². The molecule has 1 unspecified atom stereocenters. The maximum atomic E-state index is 12.3. The number of carbonyl (C=O) groups excluding carboxylic acids is 1. The molecule has 3 nitrogen and oxygen atoms in total. The van der Waals surface area contributed by atoms with Gasteiger partial charge >= 0.3 is 0 Å². The Morgan fingerprint density at radius 3 is 2.38 bits per heavy atom. The molecule has 0 bridgehead atoms. The number of anilines is 1. The summed E-state index contributed by atoms with van der Waals surface area (Å²) in [4.78, 5) is 12.3. The highest BCUT2D eigenvalue weighted by atomic mass is 16.1. The fraction of sp³-hybridized carbons (Fsp3) is 0.278. The minimum absolute atomic E-state index is 0.0755. The lowest BCUT2D eigenvalue weighted by atomic mass is 10.1. The van der Waals surface area contributed by atoms with Crippen LogP contribution in [-0.2, 0) is 6.42 Å². The molecule has 0 aliphatic carbocycles. The summed E-state index contributed by atoms with van der Waals surface area (Å²) in [5.74, 6) is -0.0755. The van der Waals surface area contributed by atoms with E-state index in [1.807, 2.05) is 55.6 Å². The van der Waals surface area contributed by atoms with Crippen LogP contribution in [0.5, 0.6) is 0 Å². The van der Waals surface area contributed by atoms with Gasteiger partial charge in [-0.05, 0) is 49.7 Å². The largest absolute Gasteiger partial charge is 0.322 e. The van der Waals surface area contributed by atoms with Crippen LogP contribution in [0.25, 0.3) is 0 Å². The number of rotatable bonds is 5. The van der Waals surface area contributed by atoms with Gasteiger partial charge in [0.25, 0.3) is 5.91 Å². The van der Waals surface area contributed by atoms with Crippen LogP contribution >= 0.6 is 0 Å². The molecule has 0 fully saturated rings. The van der Waals surface area contributed by atoms with Crippen LogP contribution in [0.15, 0.2) is 48.5 Å². The lowest BCUT2D eigenvalue weighted by Crippen LogP contribution is -2.18. The molecule has 0 radical (unpaired) electrons. The number of amides is 1. The van der Waals surface area contributed by atoms with Crippen LogP contribution < -0.4 is 10.6 Å². The summed E-state index contributed by atoms with van der Waals surface area (Å²) >= 11 is 0. The van der Waals surface area contributed by atoms with E-state index in [1.54, 1.807) is 0 Å². The molecular formula is C18H22N2O. The number of hydrogen-bond donors (Lipinski definition) is 2. The average molecular weight is 282 g/mol. The van der Waals surface area contributed by atoms with Gasteiger partial charge in [-0.3, -0.25) is 4.79 Å². The van der Waals surface area contributed by atoms with E-state index in [-0.39, 0.29) is 11.9 Å². The number of carbonyl (C=O) groups is 1. The highest BCUT2D eigenvalue weighted by Gasteiger charge is 2.12. The van der Waals surface area contributed by atoms with Crippen molar-refractivity contribution in [3.05, 3.63) is 65.2 Å². The topological polar surface area (TPSA) is 41.1 Å². The smallest absolute Gasteiger partial charge is 0.255 e. The van der Waals surface area contributed by atoms with Crippen molar-refractivity contribution in [3.63, 3.8) is 0 Å². The standard InChI is InChI=1S/C18H22N2O/c1-4-14-9-11-15(12-10-14)18(21)20-17-8-6-5-7-16(17)13(2)19-3/h5-13,19H,4H2,1-3H3,(H,20,21). The molecule has 2 aromatic carbocycles. The molecule has 110 valence electrons. The molecule has 0 aliphatic heterocycles. The van der Waals surface area contributed by atoms with Gasteiger partial charge in [0, 0.05) is 17.3 Å². The monoisotopic (exact) mass is 282 g/mol. The lowest BCUT2D eigenvalue weighted by molar-refractivity contribution is 0.102. The third-order valence-corrected chi connectivity index (χ3v) is 3.73. The number of aryl methyl sites for hydroxylation is 1. The van der Waals surface area contributed by atoms with E-state index in [0.29, 0.717) is 5.56 Å². The molecule has 1 atom stereocenters. The van der Waals surface area contributed by atoms with Crippen LogP contribution in [0.1, 0.15) is 41.4 Å². The van der Waals surface area contributed by atoms with Gasteiger partial charge < -0.3 is 10.6 Å². The molecule has 1 amide bonds. The van der Waals surface area contributed by atoms with Crippen LogP contribution in [0.3, 0.4) is 0 Å². The van der Waals surface area contributed by atoms with Crippen molar-refractivity contribution in [2.24, 2.45) is 0 Å². The van der Waals surface area contributed by atoms with Crippen molar-refractivity contribution in [3.8, 4) is 0 Å². The quantitative estimate of drug-likeness (QED) is 0.876. The highest BCUT2D eigenvalue weighted by molar-refractivity contribution is 6.04. The molecule has 3 heteroatoms. The third-order valence-electron chi connectivity index (χ3n) is 3.73. The Morgan fingerprint density at radius 2 is 1.76 bits per heavy atom. The van der Waals surface area contributed by atoms with Crippen LogP contribution in [0.2, 0.25) is 0 Å². The second-order valence-electron chi connectivity index (χ2n) is 5.10. The molecule has 0 aliphatic rings. The van der Waals surface area contributed by atoms with E-state index in [4.69, 9.17) is 0 Å². The summed E-state index contributed by atoms with van der Waals surface area (Å²) in [6.07, 6.45) is 0.977. The predicted molar refractivity (Wildman–Crippen MR) is 87.7 cm³/mol. The fourth-order valence-electron chi connectivity index (χ4n) is 2.23. The van der Waals surface area contributed by atoms with Crippen molar-refractivity contribution in [1.82, 2.24) is 5.32 Å². The van der Waals surface area contributed by atoms with Crippen molar-refractivity contribution < 1.29 is 4.79 Å². The Bertz CT molecular complexity index is 605. The van der Waals surface area contributed by atoms with E-state index >= 15 is 0 Å². The zero-order chi connectivity index (χ0) is 15.2. The SMILES string of the molecule is CCc1ccc(C(=O)Nc2ccccc2C(C)NC)cc1. The number of nitrogens with one attached hydrogen (secondary N) is 2. The molecule has 0 saturated heterocycles. The molecule has 2 aromatic rings. The van der Waals surface area contributed by atoms with Gasteiger partial charge in [0.2, 0.25) is 0 Å². The average Bonchev–Trinajstić information content (AvgIpc) is 2.54. The summed E-state index contributed by atoms with van der Waals surface area (Å²) in [5, 5.41) is 6.20.